The van der Waals surface area contributed by atoms with E-state index in [1.165, 1.54) is 17.7 Å². The first kappa shape index (κ1) is 22.7. The fraction of sp³-hybridized carbons (Fsp3) is 0.722. The van der Waals surface area contributed by atoms with E-state index in [9.17, 15) is 4.79 Å². The minimum Gasteiger partial charge on any atom is -0.354 e. The molecule has 25 heavy (non-hydrogen) atoms. The van der Waals surface area contributed by atoms with Crippen molar-refractivity contribution in [2.75, 3.05) is 19.6 Å². The maximum Gasteiger partial charge on any atom is 0.225 e. The van der Waals surface area contributed by atoms with Gasteiger partial charge in [-0.3, -0.25) is 9.69 Å². The van der Waals surface area contributed by atoms with Crippen molar-refractivity contribution in [2.45, 2.75) is 57.0 Å². The van der Waals surface area contributed by atoms with Crippen LogP contribution in [0.25, 0.3) is 0 Å². The van der Waals surface area contributed by atoms with E-state index >= 15 is 0 Å². The molecule has 1 amide bonds. The first-order valence-corrected chi connectivity index (χ1v) is 9.80. The van der Waals surface area contributed by atoms with E-state index in [0.717, 1.165) is 38.8 Å². The van der Waals surface area contributed by atoms with Crippen LogP contribution in [0.15, 0.2) is 17.5 Å². The average molecular weight is 408 g/mol. The number of nitrogens with zero attached hydrogens (tertiary/aromatic N) is 1. The highest BCUT2D eigenvalue weighted by Gasteiger charge is 2.38. The second-order valence-corrected chi connectivity index (χ2v) is 8.30. The quantitative estimate of drug-likeness (QED) is 0.780. The smallest absolute Gasteiger partial charge is 0.225 e. The third kappa shape index (κ3) is 5.57. The number of rotatable bonds is 5. The highest BCUT2D eigenvalue weighted by atomic mass is 35.5. The van der Waals surface area contributed by atoms with E-state index in [1.54, 1.807) is 11.3 Å². The maximum absolute atomic E-state index is 12.7. The second-order valence-electron chi connectivity index (χ2n) is 7.32. The van der Waals surface area contributed by atoms with Gasteiger partial charge in [0.05, 0.1) is 12.0 Å². The number of hydrogen-bond donors (Lipinski definition) is 2. The van der Waals surface area contributed by atoms with E-state index in [1.807, 2.05) is 6.92 Å². The fourth-order valence-electron chi connectivity index (χ4n) is 4.05. The van der Waals surface area contributed by atoms with Crippen molar-refractivity contribution in [3.63, 3.8) is 0 Å². The van der Waals surface area contributed by atoms with Crippen LogP contribution in [0, 0.1) is 5.92 Å². The molecule has 3 unspecified atom stereocenters. The monoisotopic (exact) mass is 407 g/mol. The molecule has 0 spiro atoms. The van der Waals surface area contributed by atoms with Crippen molar-refractivity contribution in [1.82, 2.24) is 10.2 Å². The highest BCUT2D eigenvalue weighted by molar-refractivity contribution is 7.10. The van der Waals surface area contributed by atoms with E-state index < -0.39 is 0 Å². The molecule has 4 nitrogen and oxygen atoms in total. The molecule has 0 radical (unpaired) electrons. The van der Waals surface area contributed by atoms with E-state index in [2.05, 4.69) is 27.7 Å². The molecule has 144 valence electrons. The van der Waals surface area contributed by atoms with Crippen LogP contribution >= 0.6 is 36.2 Å². The molecule has 1 saturated carbocycles. The van der Waals surface area contributed by atoms with Gasteiger partial charge in [-0.2, -0.15) is 0 Å². The topological polar surface area (TPSA) is 58.4 Å². The van der Waals surface area contributed by atoms with Gasteiger partial charge in [0.25, 0.3) is 0 Å². The Bertz CT molecular complexity index is 518. The summed E-state index contributed by atoms with van der Waals surface area (Å²) in [5.74, 6) is 0.106. The second kappa shape index (κ2) is 10.1. The first-order valence-electron chi connectivity index (χ1n) is 8.92. The first-order chi connectivity index (χ1) is 11.1. The summed E-state index contributed by atoms with van der Waals surface area (Å²) in [6.45, 7) is 5.01. The van der Waals surface area contributed by atoms with Crippen molar-refractivity contribution in [3.05, 3.63) is 22.4 Å². The lowest BCUT2D eigenvalue weighted by Gasteiger charge is -2.37. The van der Waals surface area contributed by atoms with Crippen LogP contribution in [-0.2, 0) is 4.79 Å². The Labute approximate surface area is 167 Å². The van der Waals surface area contributed by atoms with Crippen molar-refractivity contribution in [1.29, 1.82) is 0 Å². The molecule has 3 rings (SSSR count). The lowest BCUT2D eigenvalue weighted by atomic mass is 9.74. The Hall–Kier alpha value is -0.330. The van der Waals surface area contributed by atoms with Crippen LogP contribution < -0.4 is 11.1 Å². The molecule has 0 aromatic carbocycles. The zero-order chi connectivity index (χ0) is 16.3. The summed E-state index contributed by atoms with van der Waals surface area (Å²) in [6, 6.07) is 4.60. The normalized spacial score (nSPS) is 27.8. The van der Waals surface area contributed by atoms with Gasteiger partial charge in [0.1, 0.15) is 0 Å². The number of thiophene rings is 1. The molecule has 2 fully saturated rings. The number of carbonyl (C=O) groups is 1. The molecular formula is C18H31Cl2N3OS. The summed E-state index contributed by atoms with van der Waals surface area (Å²) in [6.07, 6.45) is 6.66. The van der Waals surface area contributed by atoms with Crippen LogP contribution in [0.4, 0.5) is 0 Å². The molecule has 7 heteroatoms. The predicted octanol–water partition coefficient (Wildman–Crippen LogP) is 3.75. The van der Waals surface area contributed by atoms with Crippen molar-refractivity contribution >= 4 is 42.1 Å². The van der Waals surface area contributed by atoms with Gasteiger partial charge in [-0.25, -0.2) is 0 Å². The predicted molar refractivity (Wildman–Crippen MR) is 110 cm³/mol. The van der Waals surface area contributed by atoms with Crippen LogP contribution in [0.5, 0.6) is 0 Å². The van der Waals surface area contributed by atoms with Crippen LogP contribution in [0.3, 0.4) is 0 Å². The minimum absolute atomic E-state index is 0. The van der Waals surface area contributed by atoms with Crippen LogP contribution in [0.1, 0.15) is 56.4 Å². The van der Waals surface area contributed by atoms with Gasteiger partial charge in [-0.05, 0) is 57.1 Å². The van der Waals surface area contributed by atoms with E-state index in [-0.39, 0.29) is 42.2 Å². The van der Waals surface area contributed by atoms with Gasteiger partial charge >= 0.3 is 0 Å². The summed E-state index contributed by atoms with van der Waals surface area (Å²) >= 11 is 1.79. The van der Waals surface area contributed by atoms with Gasteiger partial charge in [0.2, 0.25) is 5.91 Å². The summed E-state index contributed by atoms with van der Waals surface area (Å²) in [5, 5.41) is 5.34. The van der Waals surface area contributed by atoms with Crippen molar-refractivity contribution in [3.8, 4) is 0 Å². The number of likely N-dealkylation sites (tertiary alicyclic amines) is 1. The van der Waals surface area contributed by atoms with Gasteiger partial charge in [-0.15, -0.1) is 36.2 Å². The summed E-state index contributed by atoms with van der Waals surface area (Å²) in [7, 11) is 0. The lowest BCUT2D eigenvalue weighted by Crippen LogP contribution is -2.53. The number of carbonyl (C=O) groups excluding carboxylic acids is 1. The third-order valence-electron chi connectivity index (χ3n) is 5.49. The highest BCUT2D eigenvalue weighted by Crippen LogP contribution is 2.32. The molecule has 3 atom stereocenters. The van der Waals surface area contributed by atoms with Gasteiger partial charge in [-0.1, -0.05) is 18.9 Å². The molecule has 1 aromatic heterocycles. The number of nitrogens with two attached hydrogens (primary N) is 1. The number of amides is 1. The molecule has 1 aromatic rings. The molecule has 0 bridgehead atoms. The zero-order valence-electron chi connectivity index (χ0n) is 14.9. The fourth-order valence-corrected chi connectivity index (χ4v) is 4.91. The Balaban J connectivity index is 0.00000156. The molecule has 1 aliphatic heterocycles. The molecule has 2 heterocycles. The Morgan fingerprint density at radius 2 is 2.08 bits per heavy atom. The molecule has 2 aliphatic rings. The molecule has 1 aliphatic carbocycles. The van der Waals surface area contributed by atoms with Crippen LogP contribution in [0.2, 0.25) is 0 Å². The SMILES string of the molecule is CC1(N)CCCCC1C(=O)NCC(c1cccs1)N1CCCC1.Cl.Cl. The molecular weight excluding hydrogens is 377 g/mol. The third-order valence-corrected chi connectivity index (χ3v) is 6.47. The van der Waals surface area contributed by atoms with E-state index in [4.69, 9.17) is 5.73 Å². The molecule has 1 saturated heterocycles. The van der Waals surface area contributed by atoms with E-state index in [0.29, 0.717) is 12.6 Å². The van der Waals surface area contributed by atoms with Gasteiger partial charge in [0, 0.05) is 17.0 Å². The van der Waals surface area contributed by atoms with Crippen molar-refractivity contribution in [2.24, 2.45) is 11.7 Å². The Morgan fingerprint density at radius 3 is 2.68 bits per heavy atom. The summed E-state index contributed by atoms with van der Waals surface area (Å²) < 4.78 is 0. The number of hydrogen-bond acceptors (Lipinski definition) is 4. The number of nitrogens with one attached hydrogen (secondary N) is 1. The molecule has 3 N–H and O–H groups in total. The summed E-state index contributed by atoms with van der Waals surface area (Å²) in [4.78, 5) is 16.6. The Morgan fingerprint density at radius 1 is 1.36 bits per heavy atom. The van der Waals surface area contributed by atoms with Gasteiger partial charge < -0.3 is 11.1 Å². The van der Waals surface area contributed by atoms with Crippen molar-refractivity contribution < 1.29 is 4.79 Å². The zero-order valence-corrected chi connectivity index (χ0v) is 17.4. The lowest BCUT2D eigenvalue weighted by molar-refractivity contribution is -0.128. The minimum atomic E-state index is -0.353. The van der Waals surface area contributed by atoms with Crippen LogP contribution in [-0.4, -0.2) is 36.0 Å². The number of halogens is 2. The van der Waals surface area contributed by atoms with Gasteiger partial charge in [0.15, 0.2) is 0 Å². The average Bonchev–Trinajstić information content (AvgIpc) is 3.20. The standard InChI is InChI=1S/C18H29N3OS.2ClH/c1-18(19)9-3-2-7-14(18)17(22)20-13-15(16-8-6-12-23-16)21-10-4-5-11-21;;/h6,8,12,14-15H,2-5,7,9-11,13,19H2,1H3,(H,20,22);2*1H. The summed E-state index contributed by atoms with van der Waals surface area (Å²) in [5.41, 5.74) is 6.02. The maximum atomic E-state index is 12.7. The largest absolute Gasteiger partial charge is 0.354 e. The Kier molecular flexibility index (Phi) is 9.19.